The van der Waals surface area contributed by atoms with Crippen LogP contribution in [0, 0.1) is 0 Å². The zero-order chi connectivity index (χ0) is 17.8. The number of amides is 1. The molecular weight excluding hydrogens is 364 g/mol. The standard InChI is InChI=1S/C17H14ClF2N3O2.CH4/c18-12-2-4-21-15(11(12)9-24)23-6-5-22-13(16(23)25)7-10-1-3-17(19,20)8-14(10)22;/h2,4,7,9H,1,3,5-6,8H2;1H4. The van der Waals surface area contributed by atoms with E-state index < -0.39 is 5.92 Å². The number of halogens is 3. The number of rotatable bonds is 2. The number of carbonyl (C=O) groups is 2. The maximum atomic E-state index is 13.7. The highest BCUT2D eigenvalue weighted by Gasteiger charge is 2.39. The van der Waals surface area contributed by atoms with E-state index in [-0.39, 0.29) is 55.5 Å². The van der Waals surface area contributed by atoms with Gasteiger partial charge in [-0.05, 0) is 24.1 Å². The third-order valence-corrected chi connectivity index (χ3v) is 5.11. The Hall–Kier alpha value is -2.28. The first-order chi connectivity index (χ1) is 11.9. The molecule has 2 aliphatic rings. The van der Waals surface area contributed by atoms with Crippen LogP contribution in [0.4, 0.5) is 14.6 Å². The number of alkyl halides is 2. The van der Waals surface area contributed by atoms with Crippen LogP contribution in [0.2, 0.25) is 5.02 Å². The van der Waals surface area contributed by atoms with Crippen molar-refractivity contribution >= 4 is 29.6 Å². The molecule has 0 N–H and O–H groups in total. The molecule has 0 saturated carbocycles. The quantitative estimate of drug-likeness (QED) is 0.744. The lowest BCUT2D eigenvalue weighted by Gasteiger charge is -2.30. The highest BCUT2D eigenvalue weighted by molar-refractivity contribution is 6.33. The van der Waals surface area contributed by atoms with Crippen LogP contribution in [0.3, 0.4) is 0 Å². The number of pyridine rings is 1. The summed E-state index contributed by atoms with van der Waals surface area (Å²) in [5.41, 5.74) is 1.83. The van der Waals surface area contributed by atoms with Gasteiger partial charge in [0.05, 0.1) is 17.0 Å². The first kappa shape index (κ1) is 18.5. The number of anilines is 1. The van der Waals surface area contributed by atoms with Crippen molar-refractivity contribution in [3.05, 3.63) is 45.9 Å². The fraction of sp³-hybridized carbons (Fsp3) is 0.389. The van der Waals surface area contributed by atoms with Crippen LogP contribution in [0.25, 0.3) is 0 Å². The summed E-state index contributed by atoms with van der Waals surface area (Å²) < 4.78 is 29.2. The smallest absolute Gasteiger partial charge is 0.276 e. The Morgan fingerprint density at radius 2 is 2.08 bits per heavy atom. The number of carbonyl (C=O) groups excluding carboxylic acids is 2. The van der Waals surface area contributed by atoms with Crippen molar-refractivity contribution in [2.75, 3.05) is 11.4 Å². The van der Waals surface area contributed by atoms with Gasteiger partial charge in [-0.15, -0.1) is 0 Å². The number of nitrogens with zero attached hydrogens (tertiary/aromatic N) is 3. The van der Waals surface area contributed by atoms with Gasteiger partial charge in [-0.25, -0.2) is 13.8 Å². The van der Waals surface area contributed by atoms with Gasteiger partial charge in [-0.1, -0.05) is 19.0 Å². The van der Waals surface area contributed by atoms with Gasteiger partial charge in [0, 0.05) is 31.4 Å². The molecule has 0 atom stereocenters. The lowest BCUT2D eigenvalue weighted by Crippen LogP contribution is -2.42. The molecule has 0 spiro atoms. The van der Waals surface area contributed by atoms with E-state index in [1.165, 1.54) is 17.2 Å². The summed E-state index contributed by atoms with van der Waals surface area (Å²) in [4.78, 5) is 29.7. The average Bonchev–Trinajstić information content (AvgIpc) is 2.93. The lowest BCUT2D eigenvalue weighted by molar-refractivity contribution is -0.0141. The highest BCUT2D eigenvalue weighted by atomic mass is 35.5. The molecule has 0 unspecified atom stereocenters. The van der Waals surface area contributed by atoms with Gasteiger partial charge in [-0.3, -0.25) is 14.5 Å². The van der Waals surface area contributed by atoms with Crippen molar-refractivity contribution in [3.63, 3.8) is 0 Å². The minimum Gasteiger partial charge on any atom is -0.338 e. The van der Waals surface area contributed by atoms with Gasteiger partial charge in [0.15, 0.2) is 6.29 Å². The highest BCUT2D eigenvalue weighted by Crippen LogP contribution is 2.36. The fourth-order valence-corrected chi connectivity index (χ4v) is 3.74. The molecule has 0 saturated heterocycles. The molecule has 3 heterocycles. The van der Waals surface area contributed by atoms with Gasteiger partial charge in [0.2, 0.25) is 0 Å². The Labute approximate surface area is 154 Å². The van der Waals surface area contributed by atoms with Crippen molar-refractivity contribution in [1.29, 1.82) is 0 Å². The topological polar surface area (TPSA) is 55.2 Å². The van der Waals surface area contributed by atoms with Crippen molar-refractivity contribution < 1.29 is 18.4 Å². The molecule has 4 rings (SSSR count). The van der Waals surface area contributed by atoms with Gasteiger partial charge in [-0.2, -0.15) is 0 Å². The van der Waals surface area contributed by atoms with Crippen LogP contribution in [0.5, 0.6) is 0 Å². The second kappa shape index (κ2) is 6.46. The van der Waals surface area contributed by atoms with E-state index in [9.17, 15) is 18.4 Å². The van der Waals surface area contributed by atoms with Crippen molar-refractivity contribution in [1.82, 2.24) is 9.55 Å². The summed E-state index contributed by atoms with van der Waals surface area (Å²) in [6.45, 7) is 0.617. The predicted octanol–water partition coefficient (Wildman–Crippen LogP) is 3.77. The summed E-state index contributed by atoms with van der Waals surface area (Å²) in [6, 6.07) is 3.16. The second-order valence-electron chi connectivity index (χ2n) is 6.29. The van der Waals surface area contributed by atoms with Crippen molar-refractivity contribution in [2.24, 2.45) is 0 Å². The maximum Gasteiger partial charge on any atom is 0.276 e. The van der Waals surface area contributed by atoms with Crippen LogP contribution < -0.4 is 4.90 Å². The van der Waals surface area contributed by atoms with Gasteiger partial charge < -0.3 is 4.57 Å². The summed E-state index contributed by atoms with van der Waals surface area (Å²) in [7, 11) is 0. The predicted molar refractivity (Wildman–Crippen MR) is 94.4 cm³/mol. The van der Waals surface area contributed by atoms with Crippen molar-refractivity contribution in [3.8, 4) is 0 Å². The number of fused-ring (bicyclic) bond motifs is 3. The van der Waals surface area contributed by atoms with E-state index in [1.807, 2.05) is 0 Å². The van der Waals surface area contributed by atoms with Crippen LogP contribution in [0.15, 0.2) is 18.3 Å². The lowest BCUT2D eigenvalue weighted by atomic mass is 9.94. The first-order valence-corrected chi connectivity index (χ1v) is 8.30. The molecular formula is C18H18ClF2N3O2. The number of hydrogen-bond acceptors (Lipinski definition) is 3. The summed E-state index contributed by atoms with van der Waals surface area (Å²) in [5, 5.41) is 0.215. The molecule has 138 valence electrons. The normalized spacial score (nSPS) is 18.0. The Balaban J connectivity index is 0.00000196. The Kier molecular flexibility index (Phi) is 4.60. The maximum absolute atomic E-state index is 13.7. The minimum absolute atomic E-state index is 0. The zero-order valence-corrected chi connectivity index (χ0v) is 13.9. The van der Waals surface area contributed by atoms with Crippen LogP contribution in [-0.4, -0.2) is 34.2 Å². The largest absolute Gasteiger partial charge is 0.338 e. The molecule has 8 heteroatoms. The Morgan fingerprint density at radius 3 is 2.81 bits per heavy atom. The molecule has 5 nitrogen and oxygen atoms in total. The molecule has 0 fully saturated rings. The number of aromatic nitrogens is 2. The second-order valence-corrected chi connectivity index (χ2v) is 6.70. The molecule has 26 heavy (non-hydrogen) atoms. The summed E-state index contributed by atoms with van der Waals surface area (Å²) >= 11 is 6.01. The third kappa shape index (κ3) is 2.80. The average molecular weight is 382 g/mol. The van der Waals surface area contributed by atoms with Gasteiger partial charge in [0.25, 0.3) is 11.8 Å². The minimum atomic E-state index is -2.73. The molecule has 1 amide bonds. The fourth-order valence-electron chi connectivity index (χ4n) is 3.56. The number of aryl methyl sites for hydroxylation is 1. The molecule has 1 aliphatic carbocycles. The van der Waals surface area contributed by atoms with Crippen molar-refractivity contribution in [2.45, 2.75) is 39.2 Å². The molecule has 0 aromatic carbocycles. The summed E-state index contributed by atoms with van der Waals surface area (Å²) in [6.07, 6.45) is 1.70. The zero-order valence-electron chi connectivity index (χ0n) is 13.1. The molecule has 2 aromatic rings. The number of aldehydes is 1. The SMILES string of the molecule is C.O=Cc1c(Cl)ccnc1N1CCn2c(cc3c2CC(F)(F)CC3)C1=O. The molecule has 2 aromatic heterocycles. The van der Waals surface area contributed by atoms with E-state index in [0.29, 0.717) is 24.2 Å². The van der Waals surface area contributed by atoms with Gasteiger partial charge in [0.1, 0.15) is 11.5 Å². The van der Waals surface area contributed by atoms with E-state index >= 15 is 0 Å². The first-order valence-electron chi connectivity index (χ1n) is 7.92. The van der Waals surface area contributed by atoms with E-state index in [4.69, 9.17) is 11.6 Å². The van der Waals surface area contributed by atoms with E-state index in [1.54, 1.807) is 10.6 Å². The molecule has 1 aliphatic heterocycles. The summed E-state index contributed by atoms with van der Waals surface area (Å²) in [5.74, 6) is -2.90. The third-order valence-electron chi connectivity index (χ3n) is 4.79. The van der Waals surface area contributed by atoms with E-state index in [2.05, 4.69) is 4.98 Å². The Morgan fingerprint density at radius 1 is 1.31 bits per heavy atom. The van der Waals surface area contributed by atoms with Crippen LogP contribution >= 0.6 is 11.6 Å². The number of hydrogen-bond donors (Lipinski definition) is 0. The molecule has 0 bridgehead atoms. The Bertz CT molecular complexity index is 895. The van der Waals surface area contributed by atoms with E-state index in [0.717, 1.165) is 5.56 Å². The van der Waals surface area contributed by atoms with Crippen LogP contribution in [-0.2, 0) is 19.4 Å². The molecule has 0 radical (unpaired) electrons. The van der Waals surface area contributed by atoms with Crippen LogP contribution in [0.1, 0.15) is 46.0 Å². The monoisotopic (exact) mass is 381 g/mol. The van der Waals surface area contributed by atoms with Gasteiger partial charge >= 0.3 is 0 Å².